The molecule has 0 aromatic carbocycles. The quantitative estimate of drug-likeness (QED) is 0.714. The van der Waals surface area contributed by atoms with Crippen molar-refractivity contribution in [3.8, 4) is 0 Å². The Morgan fingerprint density at radius 2 is 2.18 bits per heavy atom. The van der Waals surface area contributed by atoms with Crippen molar-refractivity contribution in [1.82, 2.24) is 10.6 Å². The van der Waals surface area contributed by atoms with Crippen molar-refractivity contribution in [2.24, 2.45) is 0 Å². The molecule has 2 N–H and O–H groups in total. The molecule has 6 heteroatoms. The van der Waals surface area contributed by atoms with Crippen LogP contribution in [0.1, 0.15) is 52.7 Å². The van der Waals surface area contributed by atoms with Crippen LogP contribution in [0, 0.1) is 0 Å². The summed E-state index contributed by atoms with van der Waals surface area (Å²) in [5, 5.41) is 6.25. The molecular weight excluding hydrogens is 348 g/mol. The fourth-order valence-corrected chi connectivity index (χ4v) is 2.28. The predicted octanol–water partition coefficient (Wildman–Crippen LogP) is 4.22. The van der Waals surface area contributed by atoms with Crippen molar-refractivity contribution in [2.75, 3.05) is 6.54 Å². The average molecular weight is 375 g/mol. The van der Waals surface area contributed by atoms with Gasteiger partial charge in [0.05, 0.1) is 17.3 Å². The normalized spacial score (nSPS) is 13.0. The number of carbonyl (C=O) groups is 1. The van der Waals surface area contributed by atoms with Gasteiger partial charge in [0.2, 0.25) is 0 Å². The predicted molar refractivity (Wildman–Crippen MR) is 90.8 cm³/mol. The Bertz CT molecular complexity index is 454. The van der Waals surface area contributed by atoms with Crippen LogP contribution in [0.4, 0.5) is 4.79 Å². The minimum Gasteiger partial charge on any atom is -0.467 e. The second kappa shape index (κ2) is 9.20. The van der Waals surface area contributed by atoms with E-state index >= 15 is 0 Å². The Morgan fingerprint density at radius 1 is 1.45 bits per heavy atom. The van der Waals surface area contributed by atoms with E-state index in [-0.39, 0.29) is 12.1 Å². The number of hydrogen-bond acceptors (Lipinski definition) is 4. The summed E-state index contributed by atoms with van der Waals surface area (Å²) in [6, 6.07) is 2.06. The van der Waals surface area contributed by atoms with Crippen LogP contribution in [0.25, 0.3) is 0 Å². The summed E-state index contributed by atoms with van der Waals surface area (Å²) in [7, 11) is 0. The lowest BCUT2D eigenvalue weighted by atomic mass is 10.1. The lowest BCUT2D eigenvalue weighted by Crippen LogP contribution is -2.42. The van der Waals surface area contributed by atoms with Crippen molar-refractivity contribution >= 4 is 22.0 Å². The summed E-state index contributed by atoms with van der Waals surface area (Å²) in [5.41, 5.74) is -0.477. The molecule has 0 radical (unpaired) electrons. The first-order chi connectivity index (χ1) is 10.3. The Balaban J connectivity index is 2.43. The molecule has 1 heterocycles. The van der Waals surface area contributed by atoms with E-state index in [9.17, 15) is 4.79 Å². The minimum absolute atomic E-state index is 0.185. The summed E-state index contributed by atoms with van der Waals surface area (Å²) >= 11 is 3.44. The van der Waals surface area contributed by atoms with Gasteiger partial charge in [-0.3, -0.25) is 0 Å². The largest absolute Gasteiger partial charge is 0.467 e. The number of nitrogens with one attached hydrogen (secondary N) is 2. The van der Waals surface area contributed by atoms with Crippen LogP contribution in [-0.2, 0) is 11.3 Å². The van der Waals surface area contributed by atoms with Crippen LogP contribution in [0.5, 0.6) is 0 Å². The zero-order valence-electron chi connectivity index (χ0n) is 13.9. The van der Waals surface area contributed by atoms with Gasteiger partial charge in [0.25, 0.3) is 0 Å². The fraction of sp³-hybridized carbons (Fsp3) is 0.688. The van der Waals surface area contributed by atoms with Crippen LogP contribution in [0.15, 0.2) is 21.2 Å². The first-order valence-corrected chi connectivity index (χ1v) is 8.53. The monoisotopic (exact) mass is 374 g/mol. The van der Waals surface area contributed by atoms with E-state index in [2.05, 4.69) is 33.5 Å². The van der Waals surface area contributed by atoms with Gasteiger partial charge in [0.15, 0.2) is 0 Å². The van der Waals surface area contributed by atoms with E-state index in [0.717, 1.165) is 29.5 Å². The Hall–Kier alpha value is -1.01. The standard InChI is InChI=1S/C16H27BrN2O3/c1-5-6-7-12(10-19-15(20)22-16(2,3)4)18-11-14-13(17)8-9-21-14/h8-9,12,18H,5-7,10-11H2,1-4H3,(H,19,20). The molecule has 0 saturated carbocycles. The summed E-state index contributed by atoms with van der Waals surface area (Å²) in [5.74, 6) is 0.860. The molecule has 0 saturated heterocycles. The number of alkyl carbamates (subject to hydrolysis) is 1. The lowest BCUT2D eigenvalue weighted by molar-refractivity contribution is 0.0521. The van der Waals surface area contributed by atoms with Gasteiger partial charge in [-0.15, -0.1) is 0 Å². The van der Waals surface area contributed by atoms with Gasteiger partial charge < -0.3 is 19.8 Å². The minimum atomic E-state index is -0.477. The molecule has 0 fully saturated rings. The topological polar surface area (TPSA) is 63.5 Å². The van der Waals surface area contributed by atoms with E-state index in [0.29, 0.717) is 13.1 Å². The van der Waals surface area contributed by atoms with Crippen LogP contribution < -0.4 is 10.6 Å². The van der Waals surface area contributed by atoms with E-state index in [1.165, 1.54) is 0 Å². The maximum absolute atomic E-state index is 11.7. The Labute approximate surface area is 141 Å². The van der Waals surface area contributed by atoms with Crippen molar-refractivity contribution in [3.05, 3.63) is 22.6 Å². The molecule has 1 unspecified atom stereocenters. The van der Waals surface area contributed by atoms with Crippen molar-refractivity contribution in [1.29, 1.82) is 0 Å². The van der Waals surface area contributed by atoms with Gasteiger partial charge in [0, 0.05) is 12.6 Å². The lowest BCUT2D eigenvalue weighted by Gasteiger charge is -2.22. The van der Waals surface area contributed by atoms with E-state index in [1.807, 2.05) is 26.8 Å². The molecule has 126 valence electrons. The zero-order chi connectivity index (χ0) is 16.6. The molecule has 0 spiro atoms. The molecule has 0 bridgehead atoms. The third-order valence-electron chi connectivity index (χ3n) is 3.04. The van der Waals surface area contributed by atoms with Gasteiger partial charge >= 0.3 is 6.09 Å². The molecule has 0 aliphatic rings. The Kier molecular flexibility index (Phi) is 7.96. The van der Waals surface area contributed by atoms with Gasteiger partial charge in [-0.2, -0.15) is 0 Å². The number of unbranched alkanes of at least 4 members (excludes halogenated alkanes) is 1. The van der Waals surface area contributed by atoms with Gasteiger partial charge in [-0.05, 0) is 49.2 Å². The maximum Gasteiger partial charge on any atom is 0.407 e. The number of amides is 1. The summed E-state index contributed by atoms with van der Waals surface area (Å²) in [6.45, 7) is 8.88. The molecule has 22 heavy (non-hydrogen) atoms. The summed E-state index contributed by atoms with van der Waals surface area (Å²) in [6.07, 6.45) is 4.49. The molecule has 1 aromatic rings. The molecule has 0 aliphatic heterocycles. The molecule has 1 atom stereocenters. The van der Waals surface area contributed by atoms with Crippen molar-refractivity contribution in [3.63, 3.8) is 0 Å². The second-order valence-electron chi connectivity index (χ2n) is 6.29. The first kappa shape index (κ1) is 19.0. The second-order valence-corrected chi connectivity index (χ2v) is 7.15. The molecule has 1 amide bonds. The summed E-state index contributed by atoms with van der Waals surface area (Å²) in [4.78, 5) is 11.7. The smallest absolute Gasteiger partial charge is 0.407 e. The SMILES string of the molecule is CCCCC(CNC(=O)OC(C)(C)C)NCc1occc1Br. The highest BCUT2D eigenvalue weighted by atomic mass is 79.9. The van der Waals surface area contributed by atoms with Crippen LogP contribution in [-0.4, -0.2) is 24.3 Å². The maximum atomic E-state index is 11.7. The number of halogens is 1. The van der Waals surface area contributed by atoms with E-state index < -0.39 is 5.60 Å². The number of carbonyl (C=O) groups excluding carboxylic acids is 1. The Morgan fingerprint density at radius 3 is 2.73 bits per heavy atom. The van der Waals surface area contributed by atoms with Crippen LogP contribution >= 0.6 is 15.9 Å². The van der Waals surface area contributed by atoms with E-state index in [1.54, 1.807) is 6.26 Å². The van der Waals surface area contributed by atoms with Gasteiger partial charge in [-0.1, -0.05) is 19.8 Å². The van der Waals surface area contributed by atoms with E-state index in [4.69, 9.17) is 9.15 Å². The summed E-state index contributed by atoms with van der Waals surface area (Å²) < 4.78 is 11.6. The van der Waals surface area contributed by atoms with Crippen molar-refractivity contribution < 1.29 is 13.9 Å². The number of rotatable bonds is 8. The van der Waals surface area contributed by atoms with Crippen molar-refractivity contribution in [2.45, 2.75) is 65.1 Å². The molecule has 1 rings (SSSR count). The van der Waals surface area contributed by atoms with Crippen LogP contribution in [0.3, 0.4) is 0 Å². The highest BCUT2D eigenvalue weighted by Crippen LogP contribution is 2.17. The highest BCUT2D eigenvalue weighted by molar-refractivity contribution is 9.10. The number of ether oxygens (including phenoxy) is 1. The zero-order valence-corrected chi connectivity index (χ0v) is 15.5. The highest BCUT2D eigenvalue weighted by Gasteiger charge is 2.17. The molecular formula is C16H27BrN2O3. The average Bonchev–Trinajstić information content (AvgIpc) is 2.81. The van der Waals surface area contributed by atoms with Gasteiger partial charge in [-0.25, -0.2) is 4.79 Å². The molecule has 0 aliphatic carbocycles. The van der Waals surface area contributed by atoms with Gasteiger partial charge in [0.1, 0.15) is 11.4 Å². The fourth-order valence-electron chi connectivity index (χ4n) is 1.94. The molecule has 5 nitrogen and oxygen atoms in total. The number of hydrogen-bond donors (Lipinski definition) is 2. The number of furan rings is 1. The molecule has 1 aromatic heterocycles. The third kappa shape index (κ3) is 7.84. The van der Waals surface area contributed by atoms with Crippen LogP contribution in [0.2, 0.25) is 0 Å². The first-order valence-electron chi connectivity index (χ1n) is 7.74. The third-order valence-corrected chi connectivity index (χ3v) is 3.75.